The maximum Gasteiger partial charge on any atom is 0.335 e. The van der Waals surface area contributed by atoms with Crippen molar-refractivity contribution in [1.82, 2.24) is 9.80 Å². The minimum atomic E-state index is -0.540. The SMILES string of the molecule is O=C(OCC(=O)N1CCN(C(=O)Nc2ccccc2)CC1)[C@H]1CCCO1. The van der Waals surface area contributed by atoms with Gasteiger partial charge in [-0.15, -0.1) is 0 Å². The second kappa shape index (κ2) is 8.66. The van der Waals surface area contributed by atoms with Crippen LogP contribution in [-0.2, 0) is 19.1 Å². The third kappa shape index (κ3) is 4.72. The van der Waals surface area contributed by atoms with E-state index in [-0.39, 0.29) is 18.5 Å². The molecule has 3 rings (SSSR count). The van der Waals surface area contributed by atoms with Gasteiger partial charge in [-0.3, -0.25) is 4.79 Å². The highest BCUT2D eigenvalue weighted by Crippen LogP contribution is 2.13. The zero-order valence-corrected chi connectivity index (χ0v) is 14.6. The first-order chi connectivity index (χ1) is 12.6. The van der Waals surface area contributed by atoms with Gasteiger partial charge >= 0.3 is 12.0 Å². The fourth-order valence-electron chi connectivity index (χ4n) is 2.96. The van der Waals surface area contributed by atoms with Crippen LogP contribution in [0.15, 0.2) is 30.3 Å². The van der Waals surface area contributed by atoms with E-state index in [1.165, 1.54) is 0 Å². The number of rotatable bonds is 4. The van der Waals surface area contributed by atoms with E-state index in [1.807, 2.05) is 30.3 Å². The molecule has 1 aromatic rings. The van der Waals surface area contributed by atoms with Gasteiger partial charge in [0.05, 0.1) is 0 Å². The largest absolute Gasteiger partial charge is 0.454 e. The fraction of sp³-hybridized carbons (Fsp3) is 0.500. The number of piperazine rings is 1. The summed E-state index contributed by atoms with van der Waals surface area (Å²) in [5, 5.41) is 2.83. The van der Waals surface area contributed by atoms with Crippen molar-refractivity contribution in [3.8, 4) is 0 Å². The number of nitrogens with one attached hydrogen (secondary N) is 1. The number of benzene rings is 1. The quantitative estimate of drug-likeness (QED) is 0.811. The van der Waals surface area contributed by atoms with Gasteiger partial charge in [-0.2, -0.15) is 0 Å². The number of hydrogen-bond donors (Lipinski definition) is 1. The number of urea groups is 1. The molecule has 0 aromatic heterocycles. The van der Waals surface area contributed by atoms with Crippen LogP contribution in [0, 0.1) is 0 Å². The van der Waals surface area contributed by atoms with Crippen molar-refractivity contribution in [2.24, 2.45) is 0 Å². The molecule has 1 N–H and O–H groups in total. The molecular formula is C18H23N3O5. The van der Waals surface area contributed by atoms with Gasteiger partial charge in [0, 0.05) is 38.5 Å². The minimum Gasteiger partial charge on any atom is -0.454 e. The van der Waals surface area contributed by atoms with Gasteiger partial charge in [0.2, 0.25) is 0 Å². The van der Waals surface area contributed by atoms with Crippen molar-refractivity contribution < 1.29 is 23.9 Å². The lowest BCUT2D eigenvalue weighted by atomic mass is 10.2. The average Bonchev–Trinajstić information content (AvgIpc) is 3.21. The molecule has 140 valence electrons. The molecular weight excluding hydrogens is 338 g/mol. The predicted molar refractivity (Wildman–Crippen MR) is 93.5 cm³/mol. The number of amides is 3. The second-order valence-electron chi connectivity index (χ2n) is 6.27. The van der Waals surface area contributed by atoms with Crippen molar-refractivity contribution in [2.45, 2.75) is 18.9 Å². The van der Waals surface area contributed by atoms with Crippen molar-refractivity contribution in [3.05, 3.63) is 30.3 Å². The maximum atomic E-state index is 12.2. The summed E-state index contributed by atoms with van der Waals surface area (Å²) in [6, 6.07) is 9.04. The summed E-state index contributed by atoms with van der Waals surface area (Å²) >= 11 is 0. The minimum absolute atomic E-state index is 0.187. The van der Waals surface area contributed by atoms with Gasteiger partial charge < -0.3 is 24.6 Å². The van der Waals surface area contributed by atoms with E-state index in [0.717, 1.165) is 12.1 Å². The number of ether oxygens (including phenoxy) is 2. The van der Waals surface area contributed by atoms with Crippen LogP contribution in [-0.4, -0.2) is 73.2 Å². The highest BCUT2D eigenvalue weighted by atomic mass is 16.6. The van der Waals surface area contributed by atoms with Crippen LogP contribution in [0.2, 0.25) is 0 Å². The Morgan fingerprint density at radius 2 is 1.77 bits per heavy atom. The van der Waals surface area contributed by atoms with Gasteiger partial charge in [-0.25, -0.2) is 9.59 Å². The van der Waals surface area contributed by atoms with Crippen LogP contribution < -0.4 is 5.32 Å². The van der Waals surface area contributed by atoms with E-state index >= 15 is 0 Å². The summed E-state index contributed by atoms with van der Waals surface area (Å²) < 4.78 is 10.3. The number of hydrogen-bond acceptors (Lipinski definition) is 5. The molecule has 2 saturated heterocycles. The van der Waals surface area contributed by atoms with Crippen molar-refractivity contribution in [3.63, 3.8) is 0 Å². The van der Waals surface area contributed by atoms with Crippen molar-refractivity contribution in [2.75, 3.05) is 44.7 Å². The molecule has 8 nitrogen and oxygen atoms in total. The molecule has 0 spiro atoms. The number of carbonyl (C=O) groups excluding carboxylic acids is 3. The first kappa shape index (κ1) is 18.2. The molecule has 0 aliphatic carbocycles. The van der Waals surface area contributed by atoms with E-state index in [2.05, 4.69) is 5.32 Å². The van der Waals surface area contributed by atoms with Gasteiger partial charge in [0.15, 0.2) is 12.7 Å². The molecule has 0 radical (unpaired) electrons. The third-order valence-electron chi connectivity index (χ3n) is 4.48. The summed E-state index contributed by atoms with van der Waals surface area (Å²) in [6.07, 6.45) is 0.935. The molecule has 0 saturated carbocycles. The fourth-order valence-corrected chi connectivity index (χ4v) is 2.96. The lowest BCUT2D eigenvalue weighted by Crippen LogP contribution is -2.52. The number of esters is 1. The van der Waals surface area contributed by atoms with Gasteiger partial charge in [0.1, 0.15) is 0 Å². The van der Waals surface area contributed by atoms with Gasteiger partial charge in [0.25, 0.3) is 5.91 Å². The zero-order chi connectivity index (χ0) is 18.4. The Labute approximate surface area is 152 Å². The molecule has 2 fully saturated rings. The Morgan fingerprint density at radius 1 is 1.08 bits per heavy atom. The highest BCUT2D eigenvalue weighted by molar-refractivity contribution is 5.89. The zero-order valence-electron chi connectivity index (χ0n) is 14.6. The molecule has 2 aliphatic heterocycles. The Balaban J connectivity index is 1.39. The van der Waals surface area contributed by atoms with Crippen LogP contribution in [0.5, 0.6) is 0 Å². The van der Waals surface area contributed by atoms with E-state index in [0.29, 0.717) is 39.2 Å². The Kier molecular flexibility index (Phi) is 6.06. The van der Waals surface area contributed by atoms with Crippen molar-refractivity contribution >= 4 is 23.6 Å². The molecule has 1 atom stereocenters. The topological polar surface area (TPSA) is 88.2 Å². The molecule has 1 aromatic carbocycles. The molecule has 0 bridgehead atoms. The lowest BCUT2D eigenvalue weighted by Gasteiger charge is -2.34. The Morgan fingerprint density at radius 3 is 2.42 bits per heavy atom. The predicted octanol–water partition coefficient (Wildman–Crippen LogP) is 1.08. The third-order valence-corrected chi connectivity index (χ3v) is 4.48. The standard InChI is InChI=1S/C18H23N3O5/c22-16(13-26-17(23)15-7-4-12-25-15)20-8-10-21(11-9-20)18(24)19-14-5-2-1-3-6-14/h1-3,5-6,15H,4,7-13H2,(H,19,24)/t15-/m1/s1. The van der Waals surface area contributed by atoms with Crippen LogP contribution in [0.25, 0.3) is 0 Å². The maximum absolute atomic E-state index is 12.2. The van der Waals surface area contributed by atoms with Gasteiger partial charge in [-0.1, -0.05) is 18.2 Å². The Hall–Kier alpha value is -2.61. The highest BCUT2D eigenvalue weighted by Gasteiger charge is 2.28. The average molecular weight is 361 g/mol. The van der Waals surface area contributed by atoms with Crippen LogP contribution in [0.1, 0.15) is 12.8 Å². The normalized spacial score (nSPS) is 19.9. The van der Waals surface area contributed by atoms with Crippen LogP contribution in [0.4, 0.5) is 10.5 Å². The molecule has 0 unspecified atom stereocenters. The summed E-state index contributed by atoms with van der Waals surface area (Å²) in [5.41, 5.74) is 0.733. The molecule has 2 heterocycles. The van der Waals surface area contributed by atoms with Crippen molar-refractivity contribution in [1.29, 1.82) is 0 Å². The van der Waals surface area contributed by atoms with Crippen LogP contribution >= 0.6 is 0 Å². The van der Waals surface area contributed by atoms with E-state index in [1.54, 1.807) is 9.80 Å². The summed E-state index contributed by atoms with van der Waals surface area (Å²) in [7, 11) is 0. The Bertz CT molecular complexity index is 637. The lowest BCUT2D eigenvalue weighted by molar-refractivity contribution is -0.160. The smallest absolute Gasteiger partial charge is 0.335 e. The summed E-state index contributed by atoms with van der Waals surface area (Å²) in [4.78, 5) is 39.4. The first-order valence-corrected chi connectivity index (χ1v) is 8.80. The molecule has 8 heteroatoms. The van der Waals surface area contributed by atoms with Gasteiger partial charge in [-0.05, 0) is 25.0 Å². The first-order valence-electron chi connectivity index (χ1n) is 8.80. The number of para-hydroxylation sites is 1. The van der Waals surface area contributed by atoms with E-state index in [4.69, 9.17) is 9.47 Å². The van der Waals surface area contributed by atoms with E-state index in [9.17, 15) is 14.4 Å². The number of nitrogens with zero attached hydrogens (tertiary/aromatic N) is 2. The number of carbonyl (C=O) groups is 3. The number of anilines is 1. The molecule has 2 aliphatic rings. The summed E-state index contributed by atoms with van der Waals surface area (Å²) in [5.74, 6) is -0.726. The summed E-state index contributed by atoms with van der Waals surface area (Å²) in [6.45, 7) is 1.97. The van der Waals surface area contributed by atoms with Crippen LogP contribution in [0.3, 0.4) is 0 Å². The second-order valence-corrected chi connectivity index (χ2v) is 6.27. The molecule has 3 amide bonds. The van der Waals surface area contributed by atoms with E-state index < -0.39 is 12.1 Å². The monoisotopic (exact) mass is 361 g/mol. The molecule has 26 heavy (non-hydrogen) atoms.